The molecule has 0 radical (unpaired) electrons. The second kappa shape index (κ2) is 18.1. The van der Waals surface area contributed by atoms with Crippen LogP contribution in [0.4, 0.5) is 13.2 Å². The van der Waals surface area contributed by atoms with E-state index in [0.717, 1.165) is 11.3 Å². The first-order valence-electron chi connectivity index (χ1n) is 8.60. The van der Waals surface area contributed by atoms with Crippen LogP contribution in [0, 0.1) is 6.92 Å². The smallest absolute Gasteiger partial charge is 0.288 e. The molecule has 26 heavy (non-hydrogen) atoms. The third-order valence-corrected chi connectivity index (χ3v) is 2.74. The second-order valence-corrected chi connectivity index (χ2v) is 4.48. The molecule has 1 heterocycles. The summed E-state index contributed by atoms with van der Waals surface area (Å²) in [6.45, 7) is 14.3. The first-order valence-corrected chi connectivity index (χ1v) is 8.60. The molecule has 0 bridgehead atoms. The summed E-state index contributed by atoms with van der Waals surface area (Å²) in [5.74, 6) is -2.16. The highest BCUT2D eigenvalue weighted by Gasteiger charge is 2.36. The molecule has 0 amide bonds. The van der Waals surface area contributed by atoms with Gasteiger partial charge in [0.25, 0.3) is 5.92 Å². The first kappa shape index (κ1) is 29.0. The van der Waals surface area contributed by atoms with Gasteiger partial charge in [-0.05, 0) is 51.5 Å². The topological polar surface area (TPSA) is 74.4 Å². The van der Waals surface area contributed by atoms with E-state index < -0.39 is 12.0 Å². The molecule has 1 atom stereocenters. The quantitative estimate of drug-likeness (QED) is 0.530. The standard InChI is InChI=1S/C9H15F2NO.C6H9NO.C2H5F.C2H6/c1-4-7(13-6-3)8(12)9(10,11)5-2;1-5-2-3-8-6(5)4-7;1-2-3;1-2/h4-5,8H,2,6,12H2,1,3H3;2-3H,4,7H2,1H3;2H2,1H3;1-2H3/b7-4-;;;. The van der Waals surface area contributed by atoms with Crippen molar-refractivity contribution in [2.45, 2.75) is 60.1 Å². The van der Waals surface area contributed by atoms with Crippen LogP contribution in [0.5, 0.6) is 0 Å². The number of halogens is 3. The number of furan rings is 1. The summed E-state index contributed by atoms with van der Waals surface area (Å²) >= 11 is 0. The third kappa shape index (κ3) is 12.6. The fourth-order valence-electron chi connectivity index (χ4n) is 1.45. The molecule has 4 N–H and O–H groups in total. The highest BCUT2D eigenvalue weighted by molar-refractivity contribution is 5.13. The van der Waals surface area contributed by atoms with Gasteiger partial charge in [-0.25, -0.2) is 0 Å². The molecule has 0 saturated carbocycles. The van der Waals surface area contributed by atoms with Crippen LogP contribution in [0.2, 0.25) is 0 Å². The lowest BCUT2D eigenvalue weighted by molar-refractivity contribution is 0.0173. The van der Waals surface area contributed by atoms with Gasteiger partial charge in [-0.3, -0.25) is 4.39 Å². The minimum Gasteiger partial charge on any atom is -0.497 e. The van der Waals surface area contributed by atoms with Crippen LogP contribution in [0.1, 0.15) is 45.9 Å². The number of alkyl halides is 3. The van der Waals surface area contributed by atoms with Crippen LogP contribution in [0.25, 0.3) is 0 Å². The molecule has 1 unspecified atom stereocenters. The van der Waals surface area contributed by atoms with Gasteiger partial charge in [0.05, 0.1) is 26.1 Å². The van der Waals surface area contributed by atoms with Crippen LogP contribution in [-0.2, 0) is 11.3 Å². The van der Waals surface area contributed by atoms with Crippen molar-refractivity contribution < 1.29 is 22.3 Å². The van der Waals surface area contributed by atoms with E-state index >= 15 is 0 Å². The van der Waals surface area contributed by atoms with Crippen molar-refractivity contribution in [2.75, 3.05) is 13.3 Å². The predicted octanol–water partition coefficient (Wildman–Crippen LogP) is 5.12. The number of nitrogens with two attached hydrogens (primary N) is 2. The van der Waals surface area contributed by atoms with E-state index in [9.17, 15) is 13.2 Å². The zero-order valence-electron chi connectivity index (χ0n) is 16.8. The van der Waals surface area contributed by atoms with E-state index in [0.29, 0.717) is 19.2 Å². The third-order valence-electron chi connectivity index (χ3n) is 2.74. The molecule has 1 aromatic rings. The maximum absolute atomic E-state index is 12.9. The van der Waals surface area contributed by atoms with Crippen LogP contribution in [0.15, 0.2) is 41.2 Å². The summed E-state index contributed by atoms with van der Waals surface area (Å²) in [4.78, 5) is 0. The van der Waals surface area contributed by atoms with Crippen LogP contribution < -0.4 is 11.5 Å². The zero-order valence-corrected chi connectivity index (χ0v) is 16.8. The lowest BCUT2D eigenvalue weighted by atomic mass is 10.1. The molecule has 154 valence electrons. The Labute approximate surface area is 156 Å². The minimum atomic E-state index is -3.13. The Morgan fingerprint density at radius 3 is 2.12 bits per heavy atom. The van der Waals surface area contributed by atoms with Crippen LogP contribution in [0.3, 0.4) is 0 Å². The molecule has 1 aromatic heterocycles. The van der Waals surface area contributed by atoms with Crippen molar-refractivity contribution >= 4 is 0 Å². The SMILES string of the molecule is C=CC(F)(F)C(N)/C(=C/C)OCC.CC.CCF.Cc1ccoc1CN. The lowest BCUT2D eigenvalue weighted by Crippen LogP contribution is -2.41. The van der Waals surface area contributed by atoms with Crippen molar-refractivity contribution in [3.8, 4) is 0 Å². The van der Waals surface area contributed by atoms with Gasteiger partial charge in [0.1, 0.15) is 17.6 Å². The van der Waals surface area contributed by atoms with E-state index in [1.807, 2.05) is 26.8 Å². The predicted molar refractivity (Wildman–Crippen MR) is 103 cm³/mol. The van der Waals surface area contributed by atoms with E-state index in [4.69, 9.17) is 20.6 Å². The molecular formula is C19H35F3N2O2. The summed E-state index contributed by atoms with van der Waals surface area (Å²) in [6, 6.07) is 0.456. The number of hydrogen-bond acceptors (Lipinski definition) is 4. The molecule has 0 aliphatic heterocycles. The average molecular weight is 380 g/mol. The Morgan fingerprint density at radius 2 is 1.88 bits per heavy atom. The Kier molecular flexibility index (Phi) is 20.2. The Hall–Kier alpha value is -1.73. The Morgan fingerprint density at radius 1 is 1.38 bits per heavy atom. The Bertz CT molecular complexity index is 475. The van der Waals surface area contributed by atoms with Crippen molar-refractivity contribution in [2.24, 2.45) is 11.5 Å². The summed E-state index contributed by atoms with van der Waals surface area (Å²) in [6.07, 6.45) is 3.61. The monoisotopic (exact) mass is 380 g/mol. The maximum Gasteiger partial charge on any atom is 0.288 e. The molecule has 0 aliphatic rings. The lowest BCUT2D eigenvalue weighted by Gasteiger charge is -2.22. The number of ether oxygens (including phenoxy) is 1. The normalized spacial score (nSPS) is 11.6. The van der Waals surface area contributed by atoms with Gasteiger partial charge in [-0.1, -0.05) is 20.4 Å². The van der Waals surface area contributed by atoms with E-state index in [2.05, 4.69) is 6.58 Å². The van der Waals surface area contributed by atoms with E-state index in [1.54, 1.807) is 20.1 Å². The molecule has 1 rings (SSSR count). The van der Waals surface area contributed by atoms with Crippen molar-refractivity contribution in [3.05, 3.63) is 48.1 Å². The number of rotatable bonds is 6. The molecule has 0 aliphatic carbocycles. The fourth-order valence-corrected chi connectivity index (χ4v) is 1.45. The first-order chi connectivity index (χ1) is 12.2. The maximum atomic E-state index is 12.9. The van der Waals surface area contributed by atoms with Crippen molar-refractivity contribution in [1.29, 1.82) is 0 Å². The molecular weight excluding hydrogens is 345 g/mol. The molecule has 0 spiro atoms. The van der Waals surface area contributed by atoms with Crippen molar-refractivity contribution in [1.82, 2.24) is 0 Å². The fraction of sp³-hybridized carbons (Fsp3) is 0.579. The van der Waals surface area contributed by atoms with Gasteiger partial charge >= 0.3 is 0 Å². The van der Waals surface area contributed by atoms with E-state index in [-0.39, 0.29) is 12.4 Å². The molecule has 0 aromatic carbocycles. The number of hydrogen-bond donors (Lipinski definition) is 2. The molecule has 0 saturated heterocycles. The largest absolute Gasteiger partial charge is 0.497 e. The van der Waals surface area contributed by atoms with Crippen molar-refractivity contribution in [3.63, 3.8) is 0 Å². The van der Waals surface area contributed by atoms with Gasteiger partial charge in [0, 0.05) is 0 Å². The van der Waals surface area contributed by atoms with Gasteiger partial charge in [0.15, 0.2) is 0 Å². The van der Waals surface area contributed by atoms with Gasteiger partial charge in [-0.15, -0.1) is 0 Å². The molecule has 4 nitrogen and oxygen atoms in total. The van der Waals surface area contributed by atoms with Crippen LogP contribution in [-0.4, -0.2) is 25.2 Å². The summed E-state index contributed by atoms with van der Waals surface area (Å²) < 4.78 is 46.1. The highest BCUT2D eigenvalue weighted by atomic mass is 19.3. The summed E-state index contributed by atoms with van der Waals surface area (Å²) in [7, 11) is 0. The zero-order chi connectivity index (χ0) is 21.2. The van der Waals surface area contributed by atoms with Gasteiger partial charge in [0.2, 0.25) is 0 Å². The minimum absolute atomic E-state index is 0.0902. The van der Waals surface area contributed by atoms with Crippen LogP contribution >= 0.6 is 0 Å². The second-order valence-electron chi connectivity index (χ2n) is 4.48. The Balaban J connectivity index is -0.000000344. The molecule has 7 heteroatoms. The summed E-state index contributed by atoms with van der Waals surface area (Å²) in [5.41, 5.74) is 11.7. The average Bonchev–Trinajstić information content (AvgIpc) is 3.07. The highest BCUT2D eigenvalue weighted by Crippen LogP contribution is 2.23. The van der Waals surface area contributed by atoms with Gasteiger partial charge in [-0.2, -0.15) is 8.78 Å². The van der Waals surface area contributed by atoms with E-state index in [1.165, 1.54) is 13.0 Å². The molecule has 0 fully saturated rings. The number of aryl methyl sites for hydroxylation is 1. The number of allylic oxidation sites excluding steroid dienone is 1. The summed E-state index contributed by atoms with van der Waals surface area (Å²) in [5, 5.41) is 0. The van der Waals surface area contributed by atoms with Gasteiger partial charge < -0.3 is 20.6 Å².